The summed E-state index contributed by atoms with van der Waals surface area (Å²) >= 11 is 11.7. The monoisotopic (exact) mass is 181 g/mol. The van der Waals surface area contributed by atoms with Crippen LogP contribution in [0.3, 0.4) is 0 Å². The Morgan fingerprint density at radius 3 is 2.90 bits per heavy atom. The highest BCUT2D eigenvalue weighted by Crippen LogP contribution is 2.28. The Labute approximate surface area is 69.6 Å². The lowest BCUT2D eigenvalue weighted by Gasteiger charge is -2.22. The van der Waals surface area contributed by atoms with Gasteiger partial charge in [0.05, 0.1) is 6.34 Å². The van der Waals surface area contributed by atoms with Gasteiger partial charge in [-0.25, -0.2) is 0 Å². The van der Waals surface area contributed by atoms with Gasteiger partial charge in [-0.3, -0.25) is 4.99 Å². The van der Waals surface area contributed by atoms with Crippen LogP contribution in [0.1, 0.15) is 6.42 Å². The van der Waals surface area contributed by atoms with E-state index in [1.54, 1.807) is 0 Å². The Hall–Kier alpha value is 0.01000. The largest absolute Gasteiger partial charge is 0.355 e. The van der Waals surface area contributed by atoms with Crippen LogP contribution in [0, 0.1) is 0 Å². The molecule has 1 aliphatic rings. The molecular formula is C5H9Cl2N3. The van der Waals surface area contributed by atoms with Crippen molar-refractivity contribution in [1.29, 1.82) is 0 Å². The number of hydrogen-bond donors (Lipinski definition) is 2. The number of nitrogens with zero attached hydrogens (tertiary/aromatic N) is 1. The smallest absolute Gasteiger partial charge is 0.162 e. The van der Waals surface area contributed by atoms with Crippen LogP contribution in [-0.2, 0) is 0 Å². The summed E-state index contributed by atoms with van der Waals surface area (Å²) in [6.45, 7) is 0.503. The molecule has 0 aromatic carbocycles. The molecule has 58 valence electrons. The summed E-state index contributed by atoms with van der Waals surface area (Å²) in [5.41, 5.74) is 4.91. The number of aliphatic imine (C=N–C) groups is 1. The molecule has 0 saturated heterocycles. The molecule has 0 fully saturated rings. The van der Waals surface area contributed by atoms with E-state index in [4.69, 9.17) is 28.9 Å². The maximum absolute atomic E-state index is 5.97. The van der Waals surface area contributed by atoms with Crippen LogP contribution < -0.4 is 11.1 Å². The molecule has 2 atom stereocenters. The summed E-state index contributed by atoms with van der Waals surface area (Å²) in [4.78, 5) is 3.19. The Bertz CT molecular complexity index is 150. The summed E-state index contributed by atoms with van der Waals surface area (Å²) < 4.78 is 0. The van der Waals surface area contributed by atoms with Crippen LogP contribution in [0.25, 0.3) is 0 Å². The first-order chi connectivity index (χ1) is 4.69. The number of hydrogen-bond acceptors (Lipinski definition) is 3. The molecule has 0 bridgehead atoms. The van der Waals surface area contributed by atoms with Crippen LogP contribution in [-0.4, -0.2) is 23.4 Å². The highest BCUT2D eigenvalue weighted by molar-refractivity contribution is 6.33. The van der Waals surface area contributed by atoms with Gasteiger partial charge in [0.2, 0.25) is 0 Å². The molecule has 3 nitrogen and oxygen atoms in total. The molecule has 0 aromatic rings. The third-order valence-electron chi connectivity index (χ3n) is 1.40. The lowest BCUT2D eigenvalue weighted by molar-refractivity contribution is 0.518. The van der Waals surface area contributed by atoms with E-state index in [0.29, 0.717) is 13.0 Å². The van der Waals surface area contributed by atoms with Crippen molar-refractivity contribution in [2.75, 3.05) is 6.54 Å². The molecule has 1 rings (SSSR count). The van der Waals surface area contributed by atoms with E-state index in [2.05, 4.69) is 10.3 Å². The van der Waals surface area contributed by atoms with Crippen molar-refractivity contribution in [2.24, 2.45) is 10.7 Å². The zero-order valence-corrected chi connectivity index (χ0v) is 6.86. The van der Waals surface area contributed by atoms with Crippen molar-refractivity contribution >= 4 is 29.5 Å². The van der Waals surface area contributed by atoms with Gasteiger partial charge in [0.15, 0.2) is 10.5 Å². The fraction of sp³-hybridized carbons (Fsp3) is 0.800. The second kappa shape index (κ2) is 2.95. The molecule has 0 radical (unpaired) electrons. The average molecular weight is 182 g/mol. The molecule has 1 heterocycles. The Morgan fingerprint density at radius 1 is 1.80 bits per heavy atom. The first-order valence-corrected chi connectivity index (χ1v) is 3.83. The minimum absolute atomic E-state index is 0.405. The summed E-state index contributed by atoms with van der Waals surface area (Å²) in [7, 11) is 0. The summed E-state index contributed by atoms with van der Waals surface area (Å²) in [5.74, 6) is 0. The fourth-order valence-electron chi connectivity index (χ4n) is 0.798. The van der Waals surface area contributed by atoms with Gasteiger partial charge < -0.3 is 11.1 Å². The van der Waals surface area contributed by atoms with Crippen molar-refractivity contribution in [3.05, 3.63) is 0 Å². The van der Waals surface area contributed by atoms with E-state index in [9.17, 15) is 0 Å². The number of halogens is 2. The first kappa shape index (κ1) is 8.11. The maximum Gasteiger partial charge on any atom is 0.162 e. The molecular weight excluding hydrogens is 173 g/mol. The van der Waals surface area contributed by atoms with Crippen molar-refractivity contribution in [1.82, 2.24) is 5.32 Å². The molecule has 0 aromatic heterocycles. The number of nitrogens with two attached hydrogens (primary N) is 1. The summed E-state index contributed by atoms with van der Waals surface area (Å²) in [6, 6.07) is 0. The van der Waals surface area contributed by atoms with Crippen LogP contribution in [0.15, 0.2) is 4.99 Å². The van der Waals surface area contributed by atoms with Gasteiger partial charge in [0, 0.05) is 6.42 Å². The second-order valence-electron chi connectivity index (χ2n) is 2.16. The van der Waals surface area contributed by atoms with Gasteiger partial charge in [-0.15, -0.1) is 0 Å². The standard InChI is InChI=1S/C5H9Cl2N3/c6-4-5(7,1-2-8)10-3-9-4/h3-4H,1-2,8H2,(H,9,10)/t4-,5+/m1/s1. The molecule has 0 unspecified atom stereocenters. The Kier molecular flexibility index (Phi) is 2.39. The molecule has 0 aliphatic carbocycles. The molecule has 0 spiro atoms. The Morgan fingerprint density at radius 2 is 2.50 bits per heavy atom. The quantitative estimate of drug-likeness (QED) is 0.481. The molecule has 3 N–H and O–H groups in total. The van der Waals surface area contributed by atoms with Crippen molar-refractivity contribution < 1.29 is 0 Å². The van der Waals surface area contributed by atoms with E-state index in [1.165, 1.54) is 6.34 Å². The van der Waals surface area contributed by atoms with Gasteiger partial charge in [-0.1, -0.05) is 23.2 Å². The van der Waals surface area contributed by atoms with Crippen LogP contribution >= 0.6 is 23.2 Å². The fourth-order valence-corrected chi connectivity index (χ4v) is 1.24. The van der Waals surface area contributed by atoms with Crippen LogP contribution in [0.5, 0.6) is 0 Å². The van der Waals surface area contributed by atoms with E-state index < -0.39 is 10.5 Å². The van der Waals surface area contributed by atoms with Gasteiger partial charge >= 0.3 is 0 Å². The molecule has 0 amide bonds. The zero-order chi connectivity index (χ0) is 7.61. The molecule has 0 saturated carbocycles. The zero-order valence-electron chi connectivity index (χ0n) is 5.35. The number of rotatable bonds is 2. The van der Waals surface area contributed by atoms with Crippen molar-refractivity contribution in [3.8, 4) is 0 Å². The molecule has 1 aliphatic heterocycles. The molecule has 5 heteroatoms. The van der Waals surface area contributed by atoms with Crippen LogP contribution in [0.2, 0.25) is 0 Å². The highest BCUT2D eigenvalue weighted by atomic mass is 35.5. The summed E-state index contributed by atoms with van der Waals surface area (Å²) in [5, 5.41) is 2.85. The minimum atomic E-state index is -0.656. The number of alkyl halides is 2. The predicted octanol–water partition coefficient (Wildman–Crippen LogP) is 0.467. The van der Waals surface area contributed by atoms with E-state index in [-0.39, 0.29) is 0 Å². The molecule has 10 heavy (non-hydrogen) atoms. The Balaban J connectivity index is 2.52. The SMILES string of the molecule is NCC[C@]1(Cl)NC=N[C@H]1Cl. The van der Waals surface area contributed by atoms with Crippen LogP contribution in [0.4, 0.5) is 0 Å². The normalized spacial score (nSPS) is 38.1. The average Bonchev–Trinajstić information content (AvgIpc) is 2.15. The van der Waals surface area contributed by atoms with Gasteiger partial charge in [0.1, 0.15) is 0 Å². The topological polar surface area (TPSA) is 50.4 Å². The first-order valence-electron chi connectivity index (χ1n) is 3.01. The van der Waals surface area contributed by atoms with Gasteiger partial charge in [-0.05, 0) is 6.54 Å². The van der Waals surface area contributed by atoms with E-state index in [1.807, 2.05) is 0 Å². The summed E-state index contributed by atoms with van der Waals surface area (Å²) in [6.07, 6.45) is 2.13. The lowest BCUT2D eigenvalue weighted by atomic mass is 10.2. The predicted molar refractivity (Wildman–Crippen MR) is 43.5 cm³/mol. The third kappa shape index (κ3) is 1.36. The van der Waals surface area contributed by atoms with E-state index in [0.717, 1.165) is 0 Å². The van der Waals surface area contributed by atoms with Crippen molar-refractivity contribution in [3.63, 3.8) is 0 Å². The van der Waals surface area contributed by atoms with Gasteiger partial charge in [0.25, 0.3) is 0 Å². The highest BCUT2D eigenvalue weighted by Gasteiger charge is 2.37. The maximum atomic E-state index is 5.97. The minimum Gasteiger partial charge on any atom is -0.355 e. The number of nitrogens with one attached hydrogen (secondary N) is 1. The lowest BCUT2D eigenvalue weighted by Crippen LogP contribution is -2.42. The van der Waals surface area contributed by atoms with Crippen molar-refractivity contribution in [2.45, 2.75) is 16.9 Å². The van der Waals surface area contributed by atoms with E-state index >= 15 is 0 Å². The third-order valence-corrected chi connectivity index (χ3v) is 2.50. The van der Waals surface area contributed by atoms with Gasteiger partial charge in [-0.2, -0.15) is 0 Å². The second-order valence-corrected chi connectivity index (χ2v) is 3.25.